The molecule has 0 bridgehead atoms. The summed E-state index contributed by atoms with van der Waals surface area (Å²) in [6, 6.07) is 9.53. The Balaban J connectivity index is 1.51. The van der Waals surface area contributed by atoms with E-state index >= 15 is 0 Å². The van der Waals surface area contributed by atoms with Gasteiger partial charge in [0.05, 0.1) is 12.6 Å². The molecule has 7 heteroatoms. The summed E-state index contributed by atoms with van der Waals surface area (Å²) in [5.41, 5.74) is 3.48. The number of hydrogen-bond acceptors (Lipinski definition) is 5. The van der Waals surface area contributed by atoms with Gasteiger partial charge in [-0.25, -0.2) is 0 Å². The van der Waals surface area contributed by atoms with E-state index in [9.17, 15) is 10.1 Å². The van der Waals surface area contributed by atoms with E-state index in [0.717, 1.165) is 42.6 Å². The van der Waals surface area contributed by atoms with Crippen molar-refractivity contribution < 1.29 is 19.0 Å². The molecule has 1 aromatic heterocycles. The average Bonchev–Trinajstić information content (AvgIpc) is 3.27. The molecule has 1 unspecified atom stereocenters. The number of hydrogen-bond donors (Lipinski definition) is 1. The van der Waals surface area contributed by atoms with Crippen LogP contribution in [-0.4, -0.2) is 30.0 Å². The van der Waals surface area contributed by atoms with Crippen LogP contribution in [0, 0.1) is 25.2 Å². The molecule has 0 radical (unpaired) electrons. The number of aromatic nitrogens is 1. The number of fused-ring (bicyclic) bond motifs is 1. The SMILES string of the molecule is COCC(C)n1c(C)cc(C=C(C#N)C(=O)Nc2ccc3c(c2)OC2(CCCCC2)O3)c1C. The topological polar surface area (TPSA) is 85.5 Å². The van der Waals surface area contributed by atoms with Gasteiger partial charge >= 0.3 is 0 Å². The highest BCUT2D eigenvalue weighted by atomic mass is 16.7. The molecular weight excluding hydrogens is 418 g/mol. The third kappa shape index (κ3) is 4.62. The van der Waals surface area contributed by atoms with Crippen LogP contribution >= 0.6 is 0 Å². The van der Waals surface area contributed by atoms with Gasteiger partial charge in [-0.1, -0.05) is 6.42 Å². The van der Waals surface area contributed by atoms with Crippen molar-refractivity contribution in [3.63, 3.8) is 0 Å². The van der Waals surface area contributed by atoms with Gasteiger partial charge in [0.1, 0.15) is 11.6 Å². The van der Waals surface area contributed by atoms with Gasteiger partial charge < -0.3 is 24.1 Å². The zero-order valence-electron chi connectivity index (χ0n) is 19.7. The molecule has 1 atom stereocenters. The minimum atomic E-state index is -0.566. The van der Waals surface area contributed by atoms with Gasteiger partial charge in [0.25, 0.3) is 11.7 Å². The van der Waals surface area contributed by atoms with Gasteiger partial charge in [-0.05, 0) is 63.5 Å². The molecule has 1 aliphatic carbocycles. The van der Waals surface area contributed by atoms with E-state index in [0.29, 0.717) is 23.8 Å². The van der Waals surface area contributed by atoms with Crippen LogP contribution in [0.1, 0.15) is 62.0 Å². The summed E-state index contributed by atoms with van der Waals surface area (Å²) < 4.78 is 19.7. The summed E-state index contributed by atoms with van der Waals surface area (Å²) in [6.07, 6.45) is 6.73. The molecule has 174 valence electrons. The number of nitrogens with zero attached hydrogens (tertiary/aromatic N) is 2. The van der Waals surface area contributed by atoms with Crippen molar-refractivity contribution in [1.82, 2.24) is 4.57 Å². The number of carbonyl (C=O) groups is 1. The zero-order valence-corrected chi connectivity index (χ0v) is 19.7. The lowest BCUT2D eigenvalue weighted by Crippen LogP contribution is -2.40. The first kappa shape index (κ1) is 22.9. The molecule has 33 heavy (non-hydrogen) atoms. The molecule has 2 heterocycles. The van der Waals surface area contributed by atoms with E-state index in [2.05, 4.69) is 16.8 Å². The zero-order chi connectivity index (χ0) is 23.6. The van der Waals surface area contributed by atoms with Gasteiger partial charge in [0, 0.05) is 43.1 Å². The smallest absolute Gasteiger partial charge is 0.266 e. The lowest BCUT2D eigenvalue weighted by Gasteiger charge is -2.31. The van der Waals surface area contributed by atoms with E-state index in [-0.39, 0.29) is 11.6 Å². The standard InChI is InChI=1S/C26H31N3O4/c1-17-12-20(19(3)29(17)18(2)16-31-4)13-21(15-27)25(30)28-22-8-9-23-24(14-22)33-26(32-23)10-6-5-7-11-26/h8-9,12-14,18H,5-7,10-11,16H2,1-4H3,(H,28,30). The predicted molar refractivity (Wildman–Crippen MR) is 126 cm³/mol. The number of rotatable bonds is 6. The fraction of sp³-hybridized carbons (Fsp3) is 0.462. The van der Waals surface area contributed by atoms with E-state index < -0.39 is 11.7 Å². The van der Waals surface area contributed by atoms with Crippen LogP contribution < -0.4 is 14.8 Å². The Morgan fingerprint density at radius 2 is 1.97 bits per heavy atom. The summed E-state index contributed by atoms with van der Waals surface area (Å²) in [7, 11) is 1.68. The maximum Gasteiger partial charge on any atom is 0.266 e. The van der Waals surface area contributed by atoms with Gasteiger partial charge in [0.15, 0.2) is 11.5 Å². The highest BCUT2D eigenvalue weighted by molar-refractivity contribution is 6.09. The molecule has 0 saturated heterocycles. The number of anilines is 1. The lowest BCUT2D eigenvalue weighted by atomic mass is 9.94. The number of benzene rings is 1. The maximum atomic E-state index is 12.9. The van der Waals surface area contributed by atoms with Crippen LogP contribution in [0.4, 0.5) is 5.69 Å². The number of carbonyl (C=O) groups excluding carboxylic acids is 1. The first-order chi connectivity index (χ1) is 15.9. The molecule has 4 rings (SSSR count). The Morgan fingerprint density at radius 3 is 2.67 bits per heavy atom. The molecule has 1 spiro atoms. The van der Waals surface area contributed by atoms with Crippen LogP contribution in [0.15, 0.2) is 29.8 Å². The molecule has 1 fully saturated rings. The number of ether oxygens (including phenoxy) is 3. The van der Waals surface area contributed by atoms with Crippen molar-refractivity contribution in [3.8, 4) is 17.6 Å². The molecule has 1 amide bonds. The summed E-state index contributed by atoms with van der Waals surface area (Å²) in [5, 5.41) is 12.5. The van der Waals surface area contributed by atoms with E-state index in [1.807, 2.05) is 32.0 Å². The highest BCUT2D eigenvalue weighted by Crippen LogP contribution is 2.46. The Morgan fingerprint density at radius 1 is 1.24 bits per heavy atom. The summed E-state index contributed by atoms with van der Waals surface area (Å²) in [4.78, 5) is 12.9. The average molecular weight is 450 g/mol. The number of amides is 1. The van der Waals surface area contributed by atoms with Crippen molar-refractivity contribution in [3.05, 3.63) is 46.8 Å². The summed E-state index contributed by atoms with van der Waals surface area (Å²) in [5.74, 6) is 0.304. The quantitative estimate of drug-likeness (QED) is 0.478. The van der Waals surface area contributed by atoms with Crippen LogP contribution in [0.3, 0.4) is 0 Å². The highest BCUT2D eigenvalue weighted by Gasteiger charge is 2.42. The van der Waals surface area contributed by atoms with E-state index in [1.54, 1.807) is 25.3 Å². The third-order valence-corrected chi connectivity index (χ3v) is 6.45. The molecule has 1 saturated carbocycles. The number of nitrogens with one attached hydrogen (secondary N) is 1. The minimum absolute atomic E-state index is 0.0380. The Labute approximate surface area is 194 Å². The molecule has 1 aromatic carbocycles. The van der Waals surface area contributed by atoms with Crippen molar-refractivity contribution in [1.29, 1.82) is 5.26 Å². The van der Waals surface area contributed by atoms with E-state index in [4.69, 9.17) is 14.2 Å². The van der Waals surface area contributed by atoms with Gasteiger partial charge in [-0.15, -0.1) is 0 Å². The molecule has 2 aromatic rings. The summed E-state index contributed by atoms with van der Waals surface area (Å²) >= 11 is 0. The molecular formula is C26H31N3O4. The largest absolute Gasteiger partial charge is 0.448 e. The Bertz CT molecular complexity index is 1120. The van der Waals surface area contributed by atoms with Crippen molar-refractivity contribution in [2.45, 2.75) is 64.7 Å². The van der Waals surface area contributed by atoms with Gasteiger partial charge in [-0.3, -0.25) is 4.79 Å². The second-order valence-electron chi connectivity index (χ2n) is 8.96. The van der Waals surface area contributed by atoms with E-state index in [1.165, 1.54) is 6.42 Å². The first-order valence-corrected chi connectivity index (χ1v) is 11.5. The molecule has 1 N–H and O–H groups in total. The van der Waals surface area contributed by atoms with Gasteiger partial charge in [0.2, 0.25) is 0 Å². The number of methoxy groups -OCH3 is 1. The fourth-order valence-corrected chi connectivity index (χ4v) is 4.91. The second-order valence-corrected chi connectivity index (χ2v) is 8.96. The number of nitriles is 1. The minimum Gasteiger partial charge on any atom is -0.448 e. The maximum absolute atomic E-state index is 12.9. The Hall–Kier alpha value is -3.24. The van der Waals surface area contributed by atoms with Crippen molar-refractivity contribution in [2.24, 2.45) is 0 Å². The Kier molecular flexibility index (Phi) is 6.48. The molecule has 2 aliphatic rings. The molecule has 1 aliphatic heterocycles. The second kappa shape index (κ2) is 9.32. The van der Waals surface area contributed by atoms with Crippen molar-refractivity contribution >= 4 is 17.7 Å². The third-order valence-electron chi connectivity index (χ3n) is 6.45. The normalized spacial score (nSPS) is 17.6. The van der Waals surface area contributed by atoms with Gasteiger partial charge in [-0.2, -0.15) is 5.26 Å². The predicted octanol–water partition coefficient (Wildman–Crippen LogP) is 5.29. The van der Waals surface area contributed by atoms with Crippen molar-refractivity contribution in [2.75, 3.05) is 19.0 Å². The summed E-state index contributed by atoms with van der Waals surface area (Å²) in [6.45, 7) is 6.65. The van der Waals surface area contributed by atoms with Crippen LogP contribution in [0.2, 0.25) is 0 Å². The van der Waals surface area contributed by atoms with Crippen LogP contribution in [0.5, 0.6) is 11.5 Å². The number of aryl methyl sites for hydroxylation is 1. The molecule has 7 nitrogen and oxygen atoms in total. The lowest BCUT2D eigenvalue weighted by molar-refractivity contribution is -0.112. The first-order valence-electron chi connectivity index (χ1n) is 11.5. The monoisotopic (exact) mass is 449 g/mol. The van der Waals surface area contributed by atoms with Crippen LogP contribution in [0.25, 0.3) is 6.08 Å². The fourth-order valence-electron chi connectivity index (χ4n) is 4.91. The van der Waals surface area contributed by atoms with Crippen LogP contribution in [-0.2, 0) is 9.53 Å².